The van der Waals surface area contributed by atoms with Gasteiger partial charge in [-0.05, 0) is 57.1 Å². The molecule has 0 aromatic heterocycles. The third-order valence-corrected chi connectivity index (χ3v) is 5.83. The van der Waals surface area contributed by atoms with Gasteiger partial charge in [0, 0.05) is 18.3 Å². The number of allylic oxidation sites excluding steroid dienone is 2. The fourth-order valence-electron chi connectivity index (χ4n) is 4.37. The predicted molar refractivity (Wildman–Crippen MR) is 107 cm³/mol. The fourth-order valence-corrected chi connectivity index (χ4v) is 4.37. The van der Waals surface area contributed by atoms with Crippen molar-refractivity contribution >= 4 is 5.97 Å². The van der Waals surface area contributed by atoms with Crippen molar-refractivity contribution in [1.29, 1.82) is 0 Å². The molecule has 0 spiro atoms. The third kappa shape index (κ3) is 5.82. The Morgan fingerprint density at radius 3 is 2.86 bits per heavy atom. The Balaban J connectivity index is 1.72. The van der Waals surface area contributed by atoms with Crippen LogP contribution in [-0.2, 0) is 20.7 Å². The van der Waals surface area contributed by atoms with Gasteiger partial charge in [0.15, 0.2) is 6.29 Å². The van der Waals surface area contributed by atoms with E-state index in [1.807, 2.05) is 0 Å². The molecule has 1 aromatic rings. The van der Waals surface area contributed by atoms with Crippen LogP contribution >= 0.6 is 0 Å². The molecule has 5 nitrogen and oxygen atoms in total. The van der Waals surface area contributed by atoms with Crippen molar-refractivity contribution in [2.75, 3.05) is 6.61 Å². The normalized spacial score (nSPS) is 28.3. The number of hydrogen-bond acceptors (Lipinski definition) is 4. The van der Waals surface area contributed by atoms with Crippen molar-refractivity contribution in [1.82, 2.24) is 0 Å². The lowest BCUT2D eigenvalue weighted by atomic mass is 9.89. The van der Waals surface area contributed by atoms with Crippen molar-refractivity contribution in [2.24, 2.45) is 11.8 Å². The van der Waals surface area contributed by atoms with Crippen LogP contribution in [0, 0.1) is 18.8 Å². The molecule has 1 saturated heterocycles. The number of ether oxygens (including phenoxy) is 2. The topological polar surface area (TPSA) is 76.0 Å². The molecule has 2 aliphatic rings. The van der Waals surface area contributed by atoms with Gasteiger partial charge in [-0.15, -0.1) is 0 Å². The van der Waals surface area contributed by atoms with E-state index in [2.05, 4.69) is 37.3 Å². The first kappa shape index (κ1) is 20.9. The largest absolute Gasteiger partial charge is 0.481 e. The van der Waals surface area contributed by atoms with Crippen LogP contribution in [0.3, 0.4) is 0 Å². The van der Waals surface area contributed by atoms with Gasteiger partial charge in [0.2, 0.25) is 0 Å². The summed E-state index contributed by atoms with van der Waals surface area (Å²) < 4.78 is 12.0. The smallest absolute Gasteiger partial charge is 0.303 e. The monoisotopic (exact) mass is 388 g/mol. The van der Waals surface area contributed by atoms with Crippen LogP contribution in [0.4, 0.5) is 0 Å². The molecule has 1 aliphatic heterocycles. The highest BCUT2D eigenvalue weighted by molar-refractivity contribution is 5.67. The highest BCUT2D eigenvalue weighted by Gasteiger charge is 2.40. The first-order chi connectivity index (χ1) is 13.5. The van der Waals surface area contributed by atoms with E-state index in [9.17, 15) is 15.0 Å². The number of aliphatic hydroxyl groups excluding tert-OH is 1. The molecule has 0 bridgehead atoms. The maximum atomic E-state index is 11.3. The molecule has 3 rings (SSSR count). The first-order valence-corrected chi connectivity index (χ1v) is 10.5. The molecule has 2 fully saturated rings. The Bertz CT molecular complexity index is 677. The van der Waals surface area contributed by atoms with E-state index in [0.29, 0.717) is 13.0 Å². The van der Waals surface area contributed by atoms with Crippen LogP contribution in [0.5, 0.6) is 0 Å². The summed E-state index contributed by atoms with van der Waals surface area (Å²) in [5.41, 5.74) is 2.52. The van der Waals surface area contributed by atoms with E-state index >= 15 is 0 Å². The summed E-state index contributed by atoms with van der Waals surface area (Å²) in [6.45, 7) is 2.79. The molecule has 1 unspecified atom stereocenters. The van der Waals surface area contributed by atoms with E-state index < -0.39 is 12.1 Å². The fraction of sp³-hybridized carbons (Fsp3) is 0.609. The Labute approximate surface area is 167 Å². The van der Waals surface area contributed by atoms with Gasteiger partial charge < -0.3 is 19.7 Å². The summed E-state index contributed by atoms with van der Waals surface area (Å²) >= 11 is 0. The number of hydrogen-bond donors (Lipinski definition) is 2. The van der Waals surface area contributed by atoms with Crippen LogP contribution in [-0.4, -0.2) is 35.2 Å². The lowest BCUT2D eigenvalue weighted by Crippen LogP contribution is -2.28. The quantitative estimate of drug-likeness (QED) is 0.652. The van der Waals surface area contributed by atoms with Crippen molar-refractivity contribution in [3.8, 4) is 0 Å². The molecule has 0 amide bonds. The second-order valence-corrected chi connectivity index (χ2v) is 8.06. The summed E-state index contributed by atoms with van der Waals surface area (Å²) in [6.07, 6.45) is 7.29. The lowest BCUT2D eigenvalue weighted by molar-refractivity contribution is -0.147. The average molecular weight is 389 g/mol. The Hall–Kier alpha value is -1.85. The second kappa shape index (κ2) is 10.1. The standard InChI is InChI=1S/C23H32O5/c1-16-6-4-7-17(14-16)8-5-9-21(28-23-10-2-3-13-27-23)18-11-12-20(24)19(18)15-22(25)26/h4,6-7,9,14,18-20,23-24H,2-3,5,8,10-13,15H2,1H3,(H,25,26)/t18-,19+,20-,23?/m0/s1. The number of carboxylic acids is 1. The van der Waals surface area contributed by atoms with Gasteiger partial charge in [0.1, 0.15) is 0 Å². The van der Waals surface area contributed by atoms with Crippen LogP contribution < -0.4 is 0 Å². The van der Waals surface area contributed by atoms with E-state index in [4.69, 9.17) is 9.47 Å². The highest BCUT2D eigenvalue weighted by Crippen LogP contribution is 2.40. The van der Waals surface area contributed by atoms with Crippen LogP contribution in [0.2, 0.25) is 0 Å². The number of aliphatic hydroxyl groups is 1. The summed E-state index contributed by atoms with van der Waals surface area (Å²) in [4.78, 5) is 11.3. The molecule has 1 heterocycles. The van der Waals surface area contributed by atoms with Crippen LogP contribution in [0.1, 0.15) is 56.1 Å². The highest BCUT2D eigenvalue weighted by atomic mass is 16.7. The molecular formula is C23H32O5. The van der Waals surface area contributed by atoms with Crippen molar-refractivity contribution in [2.45, 2.75) is 70.7 Å². The summed E-state index contributed by atoms with van der Waals surface area (Å²) in [6, 6.07) is 8.46. The SMILES string of the molecule is Cc1cccc(CCC=C(OC2CCCCO2)[C@H]2CC[C@H](O)[C@@H]2CC(=O)O)c1. The molecule has 1 aromatic carbocycles. The summed E-state index contributed by atoms with van der Waals surface area (Å²) in [5, 5.41) is 19.6. The van der Waals surface area contributed by atoms with Gasteiger partial charge in [0.05, 0.1) is 24.9 Å². The van der Waals surface area contributed by atoms with E-state index in [1.54, 1.807) is 0 Å². The summed E-state index contributed by atoms with van der Waals surface area (Å²) in [5.74, 6) is -0.424. The first-order valence-electron chi connectivity index (χ1n) is 10.5. The second-order valence-electron chi connectivity index (χ2n) is 8.06. The zero-order valence-corrected chi connectivity index (χ0v) is 16.7. The van der Waals surface area contributed by atoms with Crippen LogP contribution in [0.25, 0.3) is 0 Å². The minimum Gasteiger partial charge on any atom is -0.481 e. The predicted octanol–water partition coefficient (Wildman–Crippen LogP) is 4.22. The molecule has 0 radical (unpaired) electrons. The maximum Gasteiger partial charge on any atom is 0.303 e. The van der Waals surface area contributed by atoms with Gasteiger partial charge in [0.25, 0.3) is 0 Å². The van der Waals surface area contributed by atoms with Gasteiger partial charge >= 0.3 is 5.97 Å². The molecule has 1 saturated carbocycles. The molecular weight excluding hydrogens is 356 g/mol. The zero-order chi connectivity index (χ0) is 19.9. The molecule has 154 valence electrons. The molecule has 1 aliphatic carbocycles. The molecule has 28 heavy (non-hydrogen) atoms. The number of rotatable bonds is 8. The Kier molecular flexibility index (Phi) is 7.51. The number of aryl methyl sites for hydroxylation is 2. The van der Waals surface area contributed by atoms with Gasteiger partial charge in [-0.3, -0.25) is 4.79 Å². The lowest BCUT2D eigenvalue weighted by Gasteiger charge is -2.29. The molecule has 4 atom stereocenters. The van der Waals surface area contributed by atoms with Gasteiger partial charge in [-0.2, -0.15) is 0 Å². The minimum atomic E-state index is -0.871. The number of benzene rings is 1. The van der Waals surface area contributed by atoms with E-state index in [-0.39, 0.29) is 24.5 Å². The van der Waals surface area contributed by atoms with Crippen molar-refractivity contribution in [3.63, 3.8) is 0 Å². The Morgan fingerprint density at radius 1 is 1.29 bits per heavy atom. The third-order valence-electron chi connectivity index (χ3n) is 5.83. The van der Waals surface area contributed by atoms with Crippen molar-refractivity contribution in [3.05, 3.63) is 47.2 Å². The van der Waals surface area contributed by atoms with E-state index in [0.717, 1.165) is 44.3 Å². The van der Waals surface area contributed by atoms with Gasteiger partial charge in [-0.1, -0.05) is 29.8 Å². The average Bonchev–Trinajstić information content (AvgIpc) is 3.02. The minimum absolute atomic E-state index is 0.0318. The number of carboxylic acid groups (broad SMARTS) is 1. The molecule has 5 heteroatoms. The summed E-state index contributed by atoms with van der Waals surface area (Å²) in [7, 11) is 0. The maximum absolute atomic E-state index is 11.3. The van der Waals surface area contributed by atoms with Gasteiger partial charge in [-0.25, -0.2) is 0 Å². The Morgan fingerprint density at radius 2 is 2.14 bits per heavy atom. The number of aliphatic carboxylic acids is 1. The van der Waals surface area contributed by atoms with Crippen molar-refractivity contribution < 1.29 is 24.5 Å². The number of carbonyl (C=O) groups is 1. The van der Waals surface area contributed by atoms with Crippen LogP contribution in [0.15, 0.2) is 36.1 Å². The van der Waals surface area contributed by atoms with E-state index in [1.165, 1.54) is 11.1 Å². The molecule has 2 N–H and O–H groups in total. The zero-order valence-electron chi connectivity index (χ0n) is 16.7.